The van der Waals surface area contributed by atoms with Crippen molar-refractivity contribution in [2.24, 2.45) is 5.16 Å². The number of amides is 3. The minimum Gasteiger partial charge on any atom is -0.489 e. The number of nitrogens with zero attached hydrogens (tertiary/aromatic N) is 2. The van der Waals surface area contributed by atoms with E-state index in [2.05, 4.69) is 20.8 Å². The SMILES string of the molecule is Cc1cc(COc2ccc(C3CC(C4(C)NC(=O)NC4=O)=NO3)cc2)c2ccccc2n1.O=C(O)C(F)(F)F. The molecular weight excluding hydrogens is 521 g/mol. The van der Waals surface area contributed by atoms with Crippen LogP contribution in [0.1, 0.15) is 36.3 Å². The summed E-state index contributed by atoms with van der Waals surface area (Å²) in [6.45, 7) is 4.03. The monoisotopic (exact) mass is 544 g/mol. The van der Waals surface area contributed by atoms with Crippen molar-refractivity contribution in [3.8, 4) is 5.75 Å². The van der Waals surface area contributed by atoms with Gasteiger partial charge in [-0.3, -0.25) is 15.1 Å². The van der Waals surface area contributed by atoms with E-state index in [0.29, 0.717) is 18.7 Å². The van der Waals surface area contributed by atoms with E-state index in [1.807, 2.05) is 61.5 Å². The zero-order valence-corrected chi connectivity index (χ0v) is 20.7. The minimum atomic E-state index is -5.08. The van der Waals surface area contributed by atoms with Crippen LogP contribution >= 0.6 is 0 Å². The van der Waals surface area contributed by atoms with Crippen molar-refractivity contribution in [2.45, 2.75) is 44.7 Å². The van der Waals surface area contributed by atoms with E-state index in [9.17, 15) is 22.8 Å². The van der Waals surface area contributed by atoms with Gasteiger partial charge in [0.1, 0.15) is 12.4 Å². The lowest BCUT2D eigenvalue weighted by Gasteiger charge is -2.19. The summed E-state index contributed by atoms with van der Waals surface area (Å²) in [5.74, 6) is -2.44. The van der Waals surface area contributed by atoms with E-state index in [-0.39, 0.29) is 6.10 Å². The van der Waals surface area contributed by atoms with Crippen LogP contribution in [0.2, 0.25) is 0 Å². The van der Waals surface area contributed by atoms with Gasteiger partial charge in [-0.05, 0) is 43.7 Å². The maximum absolute atomic E-state index is 12.1. The first-order chi connectivity index (χ1) is 18.4. The van der Waals surface area contributed by atoms with Gasteiger partial charge in [-0.2, -0.15) is 13.2 Å². The number of hydrogen-bond acceptors (Lipinski definition) is 7. The number of fused-ring (bicyclic) bond motifs is 1. The fourth-order valence-corrected chi connectivity index (χ4v) is 4.05. The quantitative estimate of drug-likeness (QED) is 0.410. The van der Waals surface area contributed by atoms with Crippen LogP contribution in [0, 0.1) is 6.92 Å². The number of oxime groups is 1. The van der Waals surface area contributed by atoms with E-state index in [0.717, 1.165) is 33.5 Å². The standard InChI is InChI=1S/C24H22N4O4.C2HF3O2/c1-14-11-16(18-5-3-4-6-19(18)25-14)13-31-17-9-7-15(8-10-17)20-12-21(28-32-20)24(2)22(29)26-23(30)27-24;3-2(4,5)1(6)7/h3-11,20H,12-13H2,1-2H3,(H2,26,27,29,30);(H,6,7). The maximum atomic E-state index is 12.1. The summed E-state index contributed by atoms with van der Waals surface area (Å²) in [5.41, 5.74) is 3.21. The van der Waals surface area contributed by atoms with E-state index >= 15 is 0 Å². The van der Waals surface area contributed by atoms with E-state index in [1.165, 1.54) is 0 Å². The van der Waals surface area contributed by atoms with Crippen molar-refractivity contribution in [1.82, 2.24) is 15.6 Å². The number of imide groups is 1. The van der Waals surface area contributed by atoms with Crippen molar-refractivity contribution in [3.63, 3.8) is 0 Å². The number of aliphatic carboxylic acids is 1. The molecule has 2 aliphatic rings. The molecule has 1 aromatic heterocycles. The van der Waals surface area contributed by atoms with Crippen molar-refractivity contribution >= 4 is 34.5 Å². The van der Waals surface area contributed by atoms with Crippen LogP contribution in [-0.2, 0) is 21.0 Å². The molecule has 2 aliphatic heterocycles. The average Bonchev–Trinajstić information content (AvgIpc) is 3.47. The number of carboxylic acid groups (broad SMARTS) is 1. The van der Waals surface area contributed by atoms with Gasteiger partial charge in [0, 0.05) is 23.1 Å². The minimum absolute atomic E-state index is 0.326. The first-order valence-corrected chi connectivity index (χ1v) is 11.6. The van der Waals surface area contributed by atoms with Gasteiger partial charge < -0.3 is 20.0 Å². The predicted octanol–water partition coefficient (Wildman–Crippen LogP) is 4.17. The Morgan fingerprint density at radius 2 is 1.85 bits per heavy atom. The highest BCUT2D eigenvalue weighted by molar-refractivity contribution is 6.22. The van der Waals surface area contributed by atoms with Gasteiger partial charge in [-0.15, -0.1) is 0 Å². The van der Waals surface area contributed by atoms with Crippen LogP contribution in [0.3, 0.4) is 0 Å². The lowest BCUT2D eigenvalue weighted by atomic mass is 9.90. The number of pyridine rings is 1. The molecule has 3 N–H and O–H groups in total. The molecule has 13 heteroatoms. The molecule has 2 unspecified atom stereocenters. The topological polar surface area (TPSA) is 139 Å². The first kappa shape index (κ1) is 27.4. The maximum Gasteiger partial charge on any atom is 0.490 e. The number of carboxylic acids is 1. The van der Waals surface area contributed by atoms with Crippen LogP contribution in [-0.4, -0.2) is 45.4 Å². The number of benzene rings is 2. The van der Waals surface area contributed by atoms with Crippen molar-refractivity contribution in [1.29, 1.82) is 0 Å². The molecule has 0 spiro atoms. The summed E-state index contributed by atoms with van der Waals surface area (Å²) in [5, 5.41) is 17.1. The highest BCUT2D eigenvalue weighted by atomic mass is 19.4. The Balaban J connectivity index is 0.000000448. The van der Waals surface area contributed by atoms with Gasteiger partial charge in [0.15, 0.2) is 11.6 Å². The Kier molecular flexibility index (Phi) is 7.43. The average molecular weight is 544 g/mol. The lowest BCUT2D eigenvalue weighted by Crippen LogP contribution is -2.50. The third-order valence-corrected chi connectivity index (χ3v) is 6.11. The Hall–Kier alpha value is -4.68. The number of halogens is 3. The summed E-state index contributed by atoms with van der Waals surface area (Å²) in [6, 6.07) is 17.2. The number of ether oxygens (including phenoxy) is 1. The number of rotatable bonds is 5. The fraction of sp³-hybridized carbons (Fsp3) is 0.269. The summed E-state index contributed by atoms with van der Waals surface area (Å²) >= 11 is 0. The van der Waals surface area contributed by atoms with Gasteiger partial charge in [-0.25, -0.2) is 9.59 Å². The predicted molar refractivity (Wildman–Crippen MR) is 132 cm³/mol. The molecule has 1 saturated heterocycles. The Bertz CT molecular complexity index is 1460. The second-order valence-electron chi connectivity index (χ2n) is 8.97. The van der Waals surface area contributed by atoms with E-state index < -0.39 is 29.6 Å². The molecule has 1 fully saturated rings. The van der Waals surface area contributed by atoms with Crippen LogP contribution in [0.5, 0.6) is 5.75 Å². The number of para-hydroxylation sites is 1. The van der Waals surface area contributed by atoms with Gasteiger partial charge in [0.05, 0.1) is 11.2 Å². The highest BCUT2D eigenvalue weighted by Crippen LogP contribution is 2.33. The number of carbonyl (C=O) groups is 3. The molecule has 0 aliphatic carbocycles. The Morgan fingerprint density at radius 3 is 2.46 bits per heavy atom. The molecule has 0 saturated carbocycles. The fourth-order valence-electron chi connectivity index (χ4n) is 4.05. The molecule has 2 aromatic carbocycles. The number of alkyl halides is 3. The number of aromatic nitrogens is 1. The first-order valence-electron chi connectivity index (χ1n) is 11.6. The summed E-state index contributed by atoms with van der Waals surface area (Å²) in [6.07, 6.45) is -5.00. The molecule has 0 radical (unpaired) electrons. The molecule has 0 bridgehead atoms. The number of carbonyl (C=O) groups excluding carboxylic acids is 2. The van der Waals surface area contributed by atoms with Crippen LogP contribution in [0.4, 0.5) is 18.0 Å². The highest BCUT2D eigenvalue weighted by Gasteiger charge is 2.49. The molecule has 10 nitrogen and oxygen atoms in total. The molecule has 5 rings (SSSR count). The van der Waals surface area contributed by atoms with Crippen LogP contribution in [0.15, 0.2) is 59.8 Å². The normalized spacial score (nSPS) is 20.3. The third kappa shape index (κ3) is 6.08. The number of hydrogen-bond donors (Lipinski definition) is 3. The van der Waals surface area contributed by atoms with Gasteiger partial charge in [-0.1, -0.05) is 35.5 Å². The van der Waals surface area contributed by atoms with Crippen LogP contribution in [0.25, 0.3) is 10.9 Å². The summed E-state index contributed by atoms with van der Waals surface area (Å²) in [7, 11) is 0. The Labute approximate surface area is 219 Å². The van der Waals surface area contributed by atoms with Crippen molar-refractivity contribution in [2.75, 3.05) is 0 Å². The molecule has 39 heavy (non-hydrogen) atoms. The van der Waals surface area contributed by atoms with Gasteiger partial charge in [0.2, 0.25) is 0 Å². The third-order valence-electron chi connectivity index (χ3n) is 6.11. The van der Waals surface area contributed by atoms with Crippen LogP contribution < -0.4 is 15.4 Å². The molecule has 3 aromatic rings. The lowest BCUT2D eigenvalue weighted by molar-refractivity contribution is -0.192. The van der Waals surface area contributed by atoms with Gasteiger partial charge >= 0.3 is 18.2 Å². The largest absolute Gasteiger partial charge is 0.490 e. The summed E-state index contributed by atoms with van der Waals surface area (Å²) in [4.78, 5) is 42.7. The van der Waals surface area contributed by atoms with E-state index in [1.54, 1.807) is 6.92 Å². The smallest absolute Gasteiger partial charge is 0.489 e. The zero-order valence-electron chi connectivity index (χ0n) is 20.7. The molecular formula is C26H23F3N4O6. The van der Waals surface area contributed by atoms with Gasteiger partial charge in [0.25, 0.3) is 5.91 Å². The number of nitrogens with one attached hydrogen (secondary N) is 2. The zero-order chi connectivity index (χ0) is 28.4. The second-order valence-corrected chi connectivity index (χ2v) is 8.97. The molecule has 3 amide bonds. The van der Waals surface area contributed by atoms with E-state index in [4.69, 9.17) is 19.5 Å². The second kappa shape index (κ2) is 10.6. The summed E-state index contributed by atoms with van der Waals surface area (Å²) < 4.78 is 37.8. The molecule has 204 valence electrons. The Morgan fingerprint density at radius 1 is 1.18 bits per heavy atom. The van der Waals surface area contributed by atoms with Crippen molar-refractivity contribution < 1.29 is 42.2 Å². The van der Waals surface area contributed by atoms with Crippen molar-refractivity contribution in [3.05, 3.63) is 71.4 Å². The molecule has 2 atom stereocenters. The number of urea groups is 1. The number of aryl methyl sites for hydroxylation is 1. The molecule has 3 heterocycles.